The van der Waals surface area contributed by atoms with Crippen molar-refractivity contribution >= 4 is 5.91 Å². The first kappa shape index (κ1) is 15.7. The Kier molecular flexibility index (Phi) is 5.02. The van der Waals surface area contributed by atoms with E-state index in [2.05, 4.69) is 56.6 Å². The summed E-state index contributed by atoms with van der Waals surface area (Å²) in [6, 6.07) is 8.86. The summed E-state index contributed by atoms with van der Waals surface area (Å²) < 4.78 is 0. The zero-order chi connectivity index (χ0) is 16.1. The van der Waals surface area contributed by atoms with Gasteiger partial charge in [0.25, 0.3) is 0 Å². The van der Waals surface area contributed by atoms with E-state index in [-0.39, 0.29) is 11.9 Å². The van der Waals surface area contributed by atoms with Crippen molar-refractivity contribution in [2.45, 2.75) is 38.8 Å². The highest BCUT2D eigenvalue weighted by Gasteiger charge is 2.23. The van der Waals surface area contributed by atoms with Crippen molar-refractivity contribution in [1.82, 2.24) is 25.4 Å². The number of aromatic amines is 1. The average Bonchev–Trinajstić information content (AvgIpc) is 3.17. The molecule has 2 N–H and O–H groups in total. The lowest BCUT2D eigenvalue weighted by Gasteiger charge is -2.17. The van der Waals surface area contributed by atoms with E-state index < -0.39 is 0 Å². The van der Waals surface area contributed by atoms with Crippen LogP contribution in [0, 0.1) is 6.92 Å². The predicted octanol–water partition coefficient (Wildman–Crippen LogP) is 1.44. The highest BCUT2D eigenvalue weighted by molar-refractivity contribution is 5.76. The van der Waals surface area contributed by atoms with Crippen LogP contribution in [0.25, 0.3) is 0 Å². The van der Waals surface area contributed by atoms with Crippen molar-refractivity contribution in [3.05, 3.63) is 47.5 Å². The largest absolute Gasteiger partial charge is 0.352 e. The topological polar surface area (TPSA) is 73.9 Å². The van der Waals surface area contributed by atoms with Crippen LogP contribution < -0.4 is 5.32 Å². The van der Waals surface area contributed by atoms with E-state index >= 15 is 0 Å². The Labute approximate surface area is 136 Å². The molecule has 0 bridgehead atoms. The zero-order valence-electron chi connectivity index (χ0n) is 13.5. The van der Waals surface area contributed by atoms with Gasteiger partial charge in [0.15, 0.2) is 0 Å². The van der Waals surface area contributed by atoms with Crippen molar-refractivity contribution in [1.29, 1.82) is 0 Å². The molecule has 0 spiro atoms. The Hall–Kier alpha value is -2.21. The summed E-state index contributed by atoms with van der Waals surface area (Å²) in [6.07, 6.45) is 3.53. The molecule has 1 aromatic carbocycles. The zero-order valence-corrected chi connectivity index (χ0v) is 13.5. The molecule has 3 rings (SSSR count). The lowest BCUT2D eigenvalue weighted by atomic mass is 10.1. The minimum atomic E-state index is 0.0869. The predicted molar refractivity (Wildman–Crippen MR) is 87.7 cm³/mol. The third-order valence-corrected chi connectivity index (χ3v) is 4.18. The van der Waals surface area contributed by atoms with Crippen molar-refractivity contribution < 1.29 is 4.79 Å². The Balaban J connectivity index is 1.41. The maximum Gasteiger partial charge on any atom is 0.220 e. The molecule has 122 valence electrons. The number of likely N-dealkylation sites (tertiary alicyclic amines) is 1. The number of H-pyrrole nitrogens is 1. The normalized spacial score (nSPS) is 18.2. The highest BCUT2D eigenvalue weighted by Crippen LogP contribution is 2.14. The highest BCUT2D eigenvalue weighted by atomic mass is 16.1. The number of nitrogens with zero attached hydrogens (tertiary/aromatic N) is 3. The maximum atomic E-state index is 12.0. The lowest BCUT2D eigenvalue weighted by Crippen LogP contribution is -2.37. The number of carbonyl (C=O) groups excluding carboxylic acids is 1. The number of hydrogen-bond donors (Lipinski definition) is 2. The average molecular weight is 313 g/mol. The van der Waals surface area contributed by atoms with Gasteiger partial charge in [0.05, 0.1) is 0 Å². The third kappa shape index (κ3) is 4.63. The molecule has 0 radical (unpaired) electrons. The first-order chi connectivity index (χ1) is 11.2. The number of aromatic nitrogens is 3. The fraction of sp³-hybridized carbons (Fsp3) is 0.471. The molecule has 1 fully saturated rings. The van der Waals surface area contributed by atoms with Crippen LogP contribution >= 0.6 is 0 Å². The maximum absolute atomic E-state index is 12.0. The molecule has 0 saturated carbocycles. The van der Waals surface area contributed by atoms with Gasteiger partial charge in [-0.2, -0.15) is 5.10 Å². The molecule has 23 heavy (non-hydrogen) atoms. The molecule has 1 amide bonds. The number of carbonyl (C=O) groups is 1. The van der Waals surface area contributed by atoms with Crippen LogP contribution in [-0.4, -0.2) is 45.1 Å². The van der Waals surface area contributed by atoms with E-state index in [9.17, 15) is 4.79 Å². The SMILES string of the molecule is Cc1cccc(CN2CCC(NC(=O)CCc3ncn[nH]3)C2)c1. The van der Waals surface area contributed by atoms with Gasteiger partial charge in [-0.3, -0.25) is 14.8 Å². The molecule has 1 aromatic heterocycles. The van der Waals surface area contributed by atoms with E-state index in [4.69, 9.17) is 0 Å². The lowest BCUT2D eigenvalue weighted by molar-refractivity contribution is -0.121. The van der Waals surface area contributed by atoms with Crippen molar-refractivity contribution in [2.24, 2.45) is 0 Å². The van der Waals surface area contributed by atoms with Crippen LogP contribution in [0.4, 0.5) is 0 Å². The second-order valence-electron chi connectivity index (χ2n) is 6.21. The second-order valence-corrected chi connectivity index (χ2v) is 6.21. The fourth-order valence-corrected chi connectivity index (χ4v) is 3.05. The van der Waals surface area contributed by atoms with Gasteiger partial charge in [-0.1, -0.05) is 29.8 Å². The summed E-state index contributed by atoms with van der Waals surface area (Å²) in [5.74, 6) is 0.844. The molecular formula is C17H23N5O. The first-order valence-corrected chi connectivity index (χ1v) is 8.10. The van der Waals surface area contributed by atoms with E-state index in [0.29, 0.717) is 12.8 Å². The number of aryl methyl sites for hydroxylation is 2. The summed E-state index contributed by atoms with van der Waals surface area (Å²) in [5, 5.41) is 9.69. The van der Waals surface area contributed by atoms with Crippen LogP contribution in [0.2, 0.25) is 0 Å². The second kappa shape index (κ2) is 7.37. The molecule has 0 aliphatic carbocycles. The Morgan fingerprint density at radius 2 is 2.39 bits per heavy atom. The van der Waals surface area contributed by atoms with Crippen molar-refractivity contribution in [2.75, 3.05) is 13.1 Å². The van der Waals surface area contributed by atoms with E-state index in [0.717, 1.165) is 31.9 Å². The standard InChI is InChI=1S/C17H23N5O/c1-13-3-2-4-14(9-13)10-22-8-7-15(11-22)20-17(23)6-5-16-18-12-19-21-16/h2-4,9,12,15H,5-8,10-11H2,1H3,(H,20,23)(H,18,19,21). The van der Waals surface area contributed by atoms with Gasteiger partial charge >= 0.3 is 0 Å². The quantitative estimate of drug-likeness (QED) is 0.846. The Morgan fingerprint density at radius 1 is 1.48 bits per heavy atom. The van der Waals surface area contributed by atoms with Gasteiger partial charge in [-0.15, -0.1) is 0 Å². The monoisotopic (exact) mass is 313 g/mol. The summed E-state index contributed by atoms with van der Waals surface area (Å²) in [6.45, 7) is 5.01. The van der Waals surface area contributed by atoms with Crippen molar-refractivity contribution in [3.8, 4) is 0 Å². The molecule has 1 saturated heterocycles. The van der Waals surface area contributed by atoms with E-state index in [1.165, 1.54) is 17.5 Å². The molecule has 1 aliphatic heterocycles. The minimum Gasteiger partial charge on any atom is -0.352 e. The van der Waals surface area contributed by atoms with Gasteiger partial charge in [-0.05, 0) is 18.9 Å². The van der Waals surface area contributed by atoms with Crippen LogP contribution in [0.5, 0.6) is 0 Å². The Morgan fingerprint density at radius 3 is 3.17 bits per heavy atom. The molecule has 6 nitrogen and oxygen atoms in total. The fourth-order valence-electron chi connectivity index (χ4n) is 3.05. The van der Waals surface area contributed by atoms with Crippen molar-refractivity contribution in [3.63, 3.8) is 0 Å². The van der Waals surface area contributed by atoms with Gasteiger partial charge in [0, 0.05) is 38.5 Å². The number of rotatable bonds is 6. The van der Waals surface area contributed by atoms with Gasteiger partial charge < -0.3 is 5.32 Å². The number of nitrogens with one attached hydrogen (secondary N) is 2. The number of amides is 1. The van der Waals surface area contributed by atoms with Gasteiger partial charge in [0.1, 0.15) is 12.2 Å². The first-order valence-electron chi connectivity index (χ1n) is 8.10. The minimum absolute atomic E-state index is 0.0869. The van der Waals surface area contributed by atoms with Crippen LogP contribution in [0.3, 0.4) is 0 Å². The summed E-state index contributed by atoms with van der Waals surface area (Å²) in [7, 11) is 0. The molecular weight excluding hydrogens is 290 g/mol. The number of benzene rings is 1. The van der Waals surface area contributed by atoms with Crippen LogP contribution in [0.15, 0.2) is 30.6 Å². The smallest absolute Gasteiger partial charge is 0.220 e. The summed E-state index contributed by atoms with van der Waals surface area (Å²) in [5.41, 5.74) is 2.63. The molecule has 2 heterocycles. The molecule has 1 unspecified atom stereocenters. The molecule has 6 heteroatoms. The van der Waals surface area contributed by atoms with E-state index in [1.54, 1.807) is 0 Å². The molecule has 2 aromatic rings. The third-order valence-electron chi connectivity index (χ3n) is 4.18. The Bertz CT molecular complexity index is 640. The van der Waals surface area contributed by atoms with E-state index in [1.807, 2.05) is 0 Å². The number of hydrogen-bond acceptors (Lipinski definition) is 4. The summed E-state index contributed by atoms with van der Waals surface area (Å²) in [4.78, 5) is 18.4. The van der Waals surface area contributed by atoms with Crippen LogP contribution in [-0.2, 0) is 17.8 Å². The molecule has 1 atom stereocenters. The summed E-state index contributed by atoms with van der Waals surface area (Å²) >= 11 is 0. The van der Waals surface area contributed by atoms with Gasteiger partial charge in [0.2, 0.25) is 5.91 Å². The van der Waals surface area contributed by atoms with Gasteiger partial charge in [-0.25, -0.2) is 4.98 Å². The molecule has 1 aliphatic rings. The van der Waals surface area contributed by atoms with Crippen LogP contribution in [0.1, 0.15) is 29.8 Å².